The topological polar surface area (TPSA) is 35.0 Å². The Labute approximate surface area is 103 Å². The van der Waals surface area contributed by atoms with Crippen molar-refractivity contribution in [2.75, 3.05) is 0 Å². The van der Waals surface area contributed by atoms with Gasteiger partial charge in [0.1, 0.15) is 5.75 Å². The Morgan fingerprint density at radius 2 is 2.00 bits per heavy atom. The van der Waals surface area contributed by atoms with E-state index in [2.05, 4.69) is 22.6 Å². The minimum absolute atomic E-state index is 0.309. The molecule has 0 saturated carbocycles. The molecule has 1 aromatic carbocycles. The van der Waals surface area contributed by atoms with Crippen molar-refractivity contribution in [3.05, 3.63) is 35.0 Å². The van der Waals surface area contributed by atoms with E-state index in [9.17, 15) is 0 Å². The van der Waals surface area contributed by atoms with Crippen molar-refractivity contribution in [1.82, 2.24) is 8.75 Å². The molecular weight excluding hydrogens is 244 g/mol. The molecule has 84 valence electrons. The number of para-hydroxylation sites is 1. The van der Waals surface area contributed by atoms with E-state index < -0.39 is 0 Å². The van der Waals surface area contributed by atoms with Gasteiger partial charge in [-0.25, -0.2) is 0 Å². The average molecular weight is 255 g/mol. The fraction of sp³-hybridized carbons (Fsp3) is 0.273. The molecular formula is C11H11ClN2OS. The van der Waals surface area contributed by atoms with Crippen LogP contribution in [0.4, 0.5) is 0 Å². The van der Waals surface area contributed by atoms with Crippen molar-refractivity contribution in [3.8, 4) is 11.6 Å². The zero-order valence-electron chi connectivity index (χ0n) is 8.98. The maximum Gasteiger partial charge on any atom is 0.270 e. The second kappa shape index (κ2) is 4.80. The lowest BCUT2D eigenvalue weighted by Crippen LogP contribution is -1.93. The number of nitrogens with zero attached hydrogens (tertiary/aromatic N) is 2. The standard InChI is InChI=1S/C11H11ClN2OS/c1-7(2)8-5-3-4-6-9(8)15-11-10(12)13-16-14-11/h3-7H,1-2H3. The van der Waals surface area contributed by atoms with Gasteiger partial charge >= 0.3 is 0 Å². The lowest BCUT2D eigenvalue weighted by molar-refractivity contribution is 0.459. The molecule has 0 N–H and O–H groups in total. The number of benzene rings is 1. The van der Waals surface area contributed by atoms with Crippen LogP contribution in [0.2, 0.25) is 5.15 Å². The summed E-state index contributed by atoms with van der Waals surface area (Å²) in [6.45, 7) is 4.23. The summed E-state index contributed by atoms with van der Waals surface area (Å²) >= 11 is 6.88. The number of aromatic nitrogens is 2. The lowest BCUT2D eigenvalue weighted by Gasteiger charge is -2.11. The predicted molar refractivity (Wildman–Crippen MR) is 65.5 cm³/mol. The molecule has 1 aromatic heterocycles. The van der Waals surface area contributed by atoms with E-state index in [0.717, 1.165) is 23.0 Å². The molecule has 0 aliphatic rings. The van der Waals surface area contributed by atoms with E-state index in [4.69, 9.17) is 16.3 Å². The summed E-state index contributed by atoms with van der Waals surface area (Å²) < 4.78 is 13.5. The summed E-state index contributed by atoms with van der Waals surface area (Å²) in [7, 11) is 0. The highest BCUT2D eigenvalue weighted by Crippen LogP contribution is 2.32. The zero-order valence-corrected chi connectivity index (χ0v) is 10.5. The van der Waals surface area contributed by atoms with E-state index in [-0.39, 0.29) is 0 Å². The number of rotatable bonds is 3. The Kier molecular flexibility index (Phi) is 3.41. The van der Waals surface area contributed by atoms with Gasteiger partial charge < -0.3 is 4.74 Å². The molecule has 0 fully saturated rings. The number of hydrogen-bond donors (Lipinski definition) is 0. The van der Waals surface area contributed by atoms with Crippen molar-refractivity contribution in [1.29, 1.82) is 0 Å². The lowest BCUT2D eigenvalue weighted by atomic mass is 10.0. The smallest absolute Gasteiger partial charge is 0.270 e. The molecule has 0 amide bonds. The summed E-state index contributed by atoms with van der Waals surface area (Å²) in [5.41, 5.74) is 1.13. The van der Waals surface area contributed by atoms with E-state index in [1.165, 1.54) is 0 Å². The van der Waals surface area contributed by atoms with Gasteiger partial charge in [-0.15, -0.1) is 4.37 Å². The molecule has 0 saturated heterocycles. The van der Waals surface area contributed by atoms with Gasteiger partial charge in [0.2, 0.25) is 5.15 Å². The van der Waals surface area contributed by atoms with Crippen LogP contribution >= 0.6 is 23.3 Å². The Morgan fingerprint density at radius 3 is 2.62 bits per heavy atom. The third-order valence-electron chi connectivity index (χ3n) is 2.17. The molecule has 3 nitrogen and oxygen atoms in total. The molecule has 16 heavy (non-hydrogen) atoms. The van der Waals surface area contributed by atoms with Gasteiger partial charge in [0.05, 0.1) is 11.7 Å². The molecule has 0 spiro atoms. The monoisotopic (exact) mass is 254 g/mol. The van der Waals surface area contributed by atoms with Crippen LogP contribution in [0.5, 0.6) is 11.6 Å². The van der Waals surface area contributed by atoms with Gasteiger partial charge in [0.15, 0.2) is 0 Å². The number of halogens is 1. The Bertz CT molecular complexity index is 484. The zero-order chi connectivity index (χ0) is 11.5. The van der Waals surface area contributed by atoms with Gasteiger partial charge in [-0.3, -0.25) is 0 Å². The minimum atomic E-state index is 0.309. The fourth-order valence-electron chi connectivity index (χ4n) is 1.39. The van der Waals surface area contributed by atoms with Gasteiger partial charge in [0, 0.05) is 0 Å². The average Bonchev–Trinajstić information content (AvgIpc) is 2.65. The third-order valence-corrected chi connectivity index (χ3v) is 3.03. The minimum Gasteiger partial charge on any atom is -0.435 e. The molecule has 0 aliphatic heterocycles. The van der Waals surface area contributed by atoms with Crippen LogP contribution in [0.1, 0.15) is 25.3 Å². The molecule has 2 aromatic rings. The summed E-state index contributed by atoms with van der Waals surface area (Å²) in [5.74, 6) is 1.55. The van der Waals surface area contributed by atoms with Crippen LogP contribution in [0, 0.1) is 0 Å². The quantitative estimate of drug-likeness (QED) is 0.827. The first-order valence-electron chi connectivity index (χ1n) is 4.93. The van der Waals surface area contributed by atoms with Crippen molar-refractivity contribution < 1.29 is 4.74 Å². The summed E-state index contributed by atoms with van der Waals surface area (Å²) in [6, 6.07) is 7.86. The van der Waals surface area contributed by atoms with E-state index in [1.54, 1.807) is 0 Å². The van der Waals surface area contributed by atoms with E-state index >= 15 is 0 Å². The SMILES string of the molecule is CC(C)c1ccccc1Oc1nsnc1Cl. The van der Waals surface area contributed by atoms with Gasteiger partial charge in [-0.2, -0.15) is 4.37 Å². The summed E-state index contributed by atoms with van der Waals surface area (Å²) in [5, 5.41) is 0.309. The largest absolute Gasteiger partial charge is 0.435 e. The van der Waals surface area contributed by atoms with E-state index in [1.807, 2.05) is 24.3 Å². The van der Waals surface area contributed by atoms with Crippen molar-refractivity contribution in [2.24, 2.45) is 0 Å². The van der Waals surface area contributed by atoms with Crippen molar-refractivity contribution >= 4 is 23.3 Å². The molecule has 0 radical (unpaired) electrons. The first kappa shape index (κ1) is 11.4. The molecule has 2 rings (SSSR count). The second-order valence-electron chi connectivity index (χ2n) is 3.65. The molecule has 0 unspecified atom stereocenters. The van der Waals surface area contributed by atoms with Crippen LogP contribution in [0.25, 0.3) is 0 Å². The number of hydrogen-bond acceptors (Lipinski definition) is 4. The second-order valence-corrected chi connectivity index (χ2v) is 4.54. The first-order chi connectivity index (χ1) is 7.68. The highest BCUT2D eigenvalue weighted by molar-refractivity contribution is 6.99. The molecule has 5 heteroatoms. The first-order valence-corrected chi connectivity index (χ1v) is 6.04. The Hall–Kier alpha value is -1.13. The summed E-state index contributed by atoms with van der Waals surface area (Å²) in [6.07, 6.45) is 0. The van der Waals surface area contributed by atoms with Crippen LogP contribution < -0.4 is 4.74 Å². The predicted octanol–water partition coefficient (Wildman–Crippen LogP) is 4.11. The van der Waals surface area contributed by atoms with Crippen molar-refractivity contribution in [2.45, 2.75) is 19.8 Å². The van der Waals surface area contributed by atoms with Crippen molar-refractivity contribution in [3.63, 3.8) is 0 Å². The molecule has 0 atom stereocenters. The third kappa shape index (κ3) is 2.33. The highest BCUT2D eigenvalue weighted by atomic mass is 35.5. The Balaban J connectivity index is 2.31. The fourth-order valence-corrected chi connectivity index (χ4v) is 2.00. The van der Waals surface area contributed by atoms with Crippen LogP contribution in [-0.2, 0) is 0 Å². The van der Waals surface area contributed by atoms with Gasteiger partial charge in [-0.1, -0.05) is 43.6 Å². The highest BCUT2D eigenvalue weighted by Gasteiger charge is 2.12. The molecule has 0 bridgehead atoms. The molecule has 1 heterocycles. The van der Waals surface area contributed by atoms with Crippen LogP contribution in [-0.4, -0.2) is 8.75 Å². The maximum absolute atomic E-state index is 5.83. The van der Waals surface area contributed by atoms with Gasteiger partial charge in [-0.05, 0) is 17.5 Å². The van der Waals surface area contributed by atoms with Crippen LogP contribution in [0.15, 0.2) is 24.3 Å². The van der Waals surface area contributed by atoms with Gasteiger partial charge in [0.25, 0.3) is 5.88 Å². The summed E-state index contributed by atoms with van der Waals surface area (Å²) in [4.78, 5) is 0. The van der Waals surface area contributed by atoms with Crippen LogP contribution in [0.3, 0.4) is 0 Å². The normalized spacial score (nSPS) is 10.8. The van der Waals surface area contributed by atoms with E-state index in [0.29, 0.717) is 17.0 Å². The number of ether oxygens (including phenoxy) is 1. The maximum atomic E-state index is 5.83. The Morgan fingerprint density at radius 1 is 1.25 bits per heavy atom. The molecule has 0 aliphatic carbocycles.